The molecule has 0 saturated carbocycles. The first-order chi connectivity index (χ1) is 6.50. The molecule has 1 rings (SSSR count). The van der Waals surface area contributed by atoms with Crippen LogP contribution in [0.2, 0.25) is 5.02 Å². The third kappa shape index (κ3) is 2.61. The summed E-state index contributed by atoms with van der Waals surface area (Å²) in [4.78, 5) is 10.6. The third-order valence-corrected chi connectivity index (χ3v) is 1.87. The summed E-state index contributed by atoms with van der Waals surface area (Å²) < 4.78 is 0. The Hall–Kier alpha value is -1.26. The molecular weight excluding hydrogens is 204 g/mol. The van der Waals surface area contributed by atoms with Crippen LogP contribution in [0.5, 0.6) is 0 Å². The largest absolute Gasteiger partial charge is 0.478 e. The lowest BCUT2D eigenvalue weighted by Gasteiger charge is -2.14. The normalized spacial score (nSPS) is 10.3. The monoisotopic (exact) mass is 214 g/mol. The zero-order valence-corrected chi connectivity index (χ0v) is 8.67. The average Bonchev–Trinajstić information content (AvgIpc) is 2.07. The number of anilines is 1. The Morgan fingerprint density at radius 1 is 1.50 bits per heavy atom. The van der Waals surface area contributed by atoms with E-state index in [2.05, 4.69) is 5.43 Å². The molecular formula is C9H11ClN2O2. The van der Waals surface area contributed by atoms with Gasteiger partial charge >= 0.3 is 5.97 Å². The van der Waals surface area contributed by atoms with Crippen LogP contribution in [0.4, 0.5) is 5.69 Å². The first-order valence-electron chi connectivity index (χ1n) is 3.97. The molecule has 0 aliphatic heterocycles. The van der Waals surface area contributed by atoms with Crippen LogP contribution >= 0.6 is 11.6 Å². The van der Waals surface area contributed by atoms with Crippen LogP contribution in [-0.4, -0.2) is 30.2 Å². The van der Waals surface area contributed by atoms with Crippen molar-refractivity contribution < 1.29 is 9.90 Å². The second-order valence-corrected chi connectivity index (χ2v) is 3.41. The highest BCUT2D eigenvalue weighted by molar-refractivity contribution is 6.33. The van der Waals surface area contributed by atoms with Gasteiger partial charge in [-0.2, -0.15) is 0 Å². The summed E-state index contributed by atoms with van der Waals surface area (Å²) in [5, 5.41) is 10.8. The van der Waals surface area contributed by atoms with Crippen molar-refractivity contribution in [1.82, 2.24) is 5.01 Å². The Balaban J connectivity index is 2.95. The van der Waals surface area contributed by atoms with Crippen LogP contribution in [0.3, 0.4) is 0 Å². The molecule has 1 aromatic carbocycles. The summed E-state index contributed by atoms with van der Waals surface area (Å²) in [7, 11) is 3.64. The van der Waals surface area contributed by atoms with E-state index in [1.807, 2.05) is 14.1 Å². The van der Waals surface area contributed by atoms with E-state index in [0.29, 0.717) is 10.7 Å². The molecule has 0 atom stereocenters. The standard InChI is InChI=1S/C9H11ClN2O2/c1-12(2)11-8-4-3-6(9(13)14)5-7(8)10/h3-5,11H,1-2H3,(H,13,14). The van der Waals surface area contributed by atoms with Gasteiger partial charge in [-0.3, -0.25) is 0 Å². The van der Waals surface area contributed by atoms with Gasteiger partial charge in [-0.1, -0.05) is 11.6 Å². The van der Waals surface area contributed by atoms with Crippen LogP contribution in [0, 0.1) is 0 Å². The molecule has 0 unspecified atom stereocenters. The Labute approximate surface area is 87.1 Å². The van der Waals surface area contributed by atoms with Gasteiger partial charge in [0.25, 0.3) is 0 Å². The number of hydrazine groups is 1. The molecule has 76 valence electrons. The second kappa shape index (κ2) is 4.30. The number of hydrogen-bond acceptors (Lipinski definition) is 3. The summed E-state index contributed by atoms with van der Waals surface area (Å²) in [5.41, 5.74) is 3.81. The molecule has 0 aromatic heterocycles. The number of halogens is 1. The molecule has 0 aliphatic carbocycles. The molecule has 1 aromatic rings. The predicted octanol–water partition coefficient (Wildman–Crippen LogP) is 1.93. The first kappa shape index (κ1) is 10.8. The summed E-state index contributed by atoms with van der Waals surface area (Å²) in [6.45, 7) is 0. The molecule has 0 fully saturated rings. The van der Waals surface area contributed by atoms with Gasteiger partial charge in [-0.05, 0) is 18.2 Å². The fraction of sp³-hybridized carbons (Fsp3) is 0.222. The van der Waals surface area contributed by atoms with Crippen LogP contribution in [0.1, 0.15) is 10.4 Å². The lowest BCUT2D eigenvalue weighted by molar-refractivity contribution is 0.0697. The first-order valence-corrected chi connectivity index (χ1v) is 4.35. The van der Waals surface area contributed by atoms with E-state index in [-0.39, 0.29) is 5.56 Å². The smallest absolute Gasteiger partial charge is 0.335 e. The van der Waals surface area contributed by atoms with Gasteiger partial charge in [0.05, 0.1) is 16.3 Å². The maximum Gasteiger partial charge on any atom is 0.335 e. The minimum absolute atomic E-state index is 0.180. The third-order valence-electron chi connectivity index (χ3n) is 1.56. The SMILES string of the molecule is CN(C)Nc1ccc(C(=O)O)cc1Cl. The highest BCUT2D eigenvalue weighted by Crippen LogP contribution is 2.22. The minimum atomic E-state index is -0.983. The number of nitrogens with one attached hydrogen (secondary N) is 1. The molecule has 4 nitrogen and oxygen atoms in total. The van der Waals surface area contributed by atoms with Gasteiger partial charge in [0.2, 0.25) is 0 Å². The average molecular weight is 215 g/mol. The lowest BCUT2D eigenvalue weighted by atomic mass is 10.2. The maximum absolute atomic E-state index is 10.6. The highest BCUT2D eigenvalue weighted by atomic mass is 35.5. The Morgan fingerprint density at radius 2 is 2.14 bits per heavy atom. The highest BCUT2D eigenvalue weighted by Gasteiger charge is 2.06. The zero-order valence-electron chi connectivity index (χ0n) is 7.91. The summed E-state index contributed by atoms with van der Waals surface area (Å²) in [6, 6.07) is 4.54. The summed E-state index contributed by atoms with van der Waals surface area (Å²) >= 11 is 5.87. The Morgan fingerprint density at radius 3 is 2.57 bits per heavy atom. The van der Waals surface area contributed by atoms with Gasteiger partial charge in [-0.15, -0.1) is 0 Å². The number of nitrogens with zero attached hydrogens (tertiary/aromatic N) is 1. The molecule has 0 bridgehead atoms. The molecule has 5 heteroatoms. The molecule has 0 amide bonds. The van der Waals surface area contributed by atoms with Gasteiger partial charge in [-0.25, -0.2) is 9.80 Å². The minimum Gasteiger partial charge on any atom is -0.478 e. The molecule has 2 N–H and O–H groups in total. The second-order valence-electron chi connectivity index (χ2n) is 3.01. The van der Waals surface area contributed by atoms with Crippen LogP contribution in [0.25, 0.3) is 0 Å². The van der Waals surface area contributed by atoms with Crippen molar-refractivity contribution in [3.8, 4) is 0 Å². The Bertz CT molecular complexity index is 353. The summed E-state index contributed by atoms with van der Waals surface area (Å²) in [5.74, 6) is -0.983. The van der Waals surface area contributed by atoms with Gasteiger partial charge in [0.15, 0.2) is 0 Å². The topological polar surface area (TPSA) is 52.6 Å². The number of benzene rings is 1. The number of hydrogen-bond donors (Lipinski definition) is 2. The van der Waals surface area contributed by atoms with E-state index in [0.717, 1.165) is 0 Å². The fourth-order valence-corrected chi connectivity index (χ4v) is 1.20. The molecule has 0 spiro atoms. The van der Waals surface area contributed by atoms with Crippen LogP contribution in [-0.2, 0) is 0 Å². The van der Waals surface area contributed by atoms with E-state index < -0.39 is 5.97 Å². The maximum atomic E-state index is 10.6. The van der Waals surface area contributed by atoms with Crippen molar-refractivity contribution >= 4 is 23.3 Å². The van der Waals surface area contributed by atoms with E-state index in [4.69, 9.17) is 16.7 Å². The number of aromatic carboxylic acids is 1. The van der Waals surface area contributed by atoms with E-state index in [1.54, 1.807) is 11.1 Å². The number of carboxylic acids is 1. The van der Waals surface area contributed by atoms with Crippen molar-refractivity contribution in [1.29, 1.82) is 0 Å². The zero-order chi connectivity index (χ0) is 10.7. The van der Waals surface area contributed by atoms with Gasteiger partial charge in [0, 0.05) is 14.1 Å². The summed E-state index contributed by atoms with van der Waals surface area (Å²) in [6.07, 6.45) is 0. The van der Waals surface area contributed by atoms with E-state index in [1.165, 1.54) is 12.1 Å². The van der Waals surface area contributed by atoms with Gasteiger partial charge in [0.1, 0.15) is 0 Å². The molecule has 0 aliphatic rings. The Kier molecular flexibility index (Phi) is 3.33. The quantitative estimate of drug-likeness (QED) is 0.755. The fourth-order valence-electron chi connectivity index (χ4n) is 0.980. The number of carbonyl (C=O) groups is 1. The number of carboxylic acid groups (broad SMARTS) is 1. The van der Waals surface area contributed by atoms with Crippen LogP contribution in [0.15, 0.2) is 18.2 Å². The number of rotatable bonds is 3. The van der Waals surface area contributed by atoms with Crippen molar-refractivity contribution in [2.45, 2.75) is 0 Å². The van der Waals surface area contributed by atoms with Crippen molar-refractivity contribution in [3.63, 3.8) is 0 Å². The molecule has 0 saturated heterocycles. The van der Waals surface area contributed by atoms with Crippen molar-refractivity contribution in [2.24, 2.45) is 0 Å². The predicted molar refractivity (Wildman–Crippen MR) is 55.7 cm³/mol. The molecule has 0 heterocycles. The van der Waals surface area contributed by atoms with Gasteiger partial charge < -0.3 is 10.5 Å². The van der Waals surface area contributed by atoms with Crippen molar-refractivity contribution in [3.05, 3.63) is 28.8 Å². The molecule has 0 radical (unpaired) electrons. The lowest BCUT2D eigenvalue weighted by Crippen LogP contribution is -2.19. The van der Waals surface area contributed by atoms with Crippen LogP contribution < -0.4 is 5.43 Å². The van der Waals surface area contributed by atoms with E-state index in [9.17, 15) is 4.79 Å². The molecule has 14 heavy (non-hydrogen) atoms. The van der Waals surface area contributed by atoms with Crippen molar-refractivity contribution in [2.75, 3.05) is 19.5 Å². The van der Waals surface area contributed by atoms with E-state index >= 15 is 0 Å².